The van der Waals surface area contributed by atoms with Crippen molar-refractivity contribution in [2.75, 3.05) is 0 Å². The van der Waals surface area contributed by atoms with Gasteiger partial charge in [0.25, 0.3) is 0 Å². The Hall–Kier alpha value is -0.850. The van der Waals surface area contributed by atoms with Crippen LogP contribution in [0.15, 0.2) is 24.5 Å². The van der Waals surface area contributed by atoms with Gasteiger partial charge < -0.3 is 0 Å². The largest absolute Gasteiger partial charge is 0.264 e. The Kier molecular flexibility index (Phi) is 5.74. The number of aryl methyl sites for hydroxylation is 1. The van der Waals surface area contributed by atoms with Gasteiger partial charge in [-0.1, -0.05) is 26.8 Å². The SMILES string of the molecule is CC.CCc1cccnc1.[HH]. The van der Waals surface area contributed by atoms with Crippen LogP contribution in [0.5, 0.6) is 0 Å². The second-order valence-electron chi connectivity index (χ2n) is 1.71. The van der Waals surface area contributed by atoms with Gasteiger partial charge in [0.15, 0.2) is 0 Å². The summed E-state index contributed by atoms with van der Waals surface area (Å²) >= 11 is 0. The molecule has 0 N–H and O–H groups in total. The zero-order valence-electron chi connectivity index (χ0n) is 6.96. The van der Waals surface area contributed by atoms with E-state index in [1.165, 1.54) is 5.56 Å². The molecule has 1 heteroatoms. The van der Waals surface area contributed by atoms with Gasteiger partial charge in [0.05, 0.1) is 0 Å². The lowest BCUT2D eigenvalue weighted by Crippen LogP contribution is -1.77. The van der Waals surface area contributed by atoms with Crippen molar-refractivity contribution in [1.29, 1.82) is 0 Å². The fourth-order valence-corrected chi connectivity index (χ4v) is 0.607. The monoisotopic (exact) mass is 139 g/mol. The fraction of sp³-hybridized carbons (Fsp3) is 0.444. The zero-order valence-corrected chi connectivity index (χ0v) is 6.96. The van der Waals surface area contributed by atoms with Crippen molar-refractivity contribution < 1.29 is 1.43 Å². The first-order chi connectivity index (χ1) is 4.93. The van der Waals surface area contributed by atoms with Gasteiger partial charge in [-0.05, 0) is 18.1 Å². The van der Waals surface area contributed by atoms with Gasteiger partial charge in [0.2, 0.25) is 0 Å². The third-order valence-electron chi connectivity index (χ3n) is 1.13. The van der Waals surface area contributed by atoms with Gasteiger partial charge in [0.1, 0.15) is 0 Å². The number of hydrogen-bond acceptors (Lipinski definition) is 1. The van der Waals surface area contributed by atoms with Crippen LogP contribution in [0.4, 0.5) is 0 Å². The third-order valence-corrected chi connectivity index (χ3v) is 1.13. The van der Waals surface area contributed by atoms with Crippen LogP contribution in [0.2, 0.25) is 0 Å². The van der Waals surface area contributed by atoms with Gasteiger partial charge in [-0.2, -0.15) is 0 Å². The molecule has 0 radical (unpaired) electrons. The Bertz CT molecular complexity index is 151. The van der Waals surface area contributed by atoms with Crippen LogP contribution < -0.4 is 0 Å². The quantitative estimate of drug-likeness (QED) is 0.583. The standard InChI is InChI=1S/C7H9N.C2H6.H2/c1-2-7-4-3-5-8-6-7;1-2;/h3-6H,2H2,1H3;1-2H3;1H. The lowest BCUT2D eigenvalue weighted by Gasteiger charge is -1.88. The van der Waals surface area contributed by atoms with Crippen molar-refractivity contribution in [1.82, 2.24) is 4.98 Å². The highest BCUT2D eigenvalue weighted by atomic mass is 14.6. The zero-order chi connectivity index (χ0) is 7.82. The van der Waals surface area contributed by atoms with Crippen molar-refractivity contribution in [3.8, 4) is 0 Å². The highest BCUT2D eigenvalue weighted by Crippen LogP contribution is 1.93. The summed E-state index contributed by atoms with van der Waals surface area (Å²) in [6.07, 6.45) is 4.76. The molecule has 0 aliphatic carbocycles. The minimum atomic E-state index is 0. The van der Waals surface area contributed by atoms with E-state index < -0.39 is 0 Å². The second kappa shape index (κ2) is 6.27. The topological polar surface area (TPSA) is 12.9 Å². The number of nitrogens with zero attached hydrogens (tertiary/aromatic N) is 1. The number of hydrogen-bond donors (Lipinski definition) is 0. The Balaban J connectivity index is 0. The molecule has 0 atom stereocenters. The van der Waals surface area contributed by atoms with E-state index in [4.69, 9.17) is 0 Å². The molecule has 0 saturated carbocycles. The highest BCUT2D eigenvalue weighted by molar-refractivity contribution is 5.07. The van der Waals surface area contributed by atoms with Crippen molar-refractivity contribution >= 4 is 0 Å². The molecule has 0 amide bonds. The maximum absolute atomic E-state index is 3.96. The van der Waals surface area contributed by atoms with E-state index in [-0.39, 0.29) is 1.43 Å². The van der Waals surface area contributed by atoms with Gasteiger partial charge in [-0.25, -0.2) is 0 Å². The normalized spacial score (nSPS) is 7.90. The van der Waals surface area contributed by atoms with Crippen LogP contribution in [-0.4, -0.2) is 4.98 Å². The molecule has 0 fully saturated rings. The molecule has 1 aromatic rings. The summed E-state index contributed by atoms with van der Waals surface area (Å²) in [5.74, 6) is 0. The lowest BCUT2D eigenvalue weighted by molar-refractivity contribution is 1.10. The third kappa shape index (κ3) is 3.23. The van der Waals surface area contributed by atoms with Gasteiger partial charge in [0, 0.05) is 13.8 Å². The predicted molar refractivity (Wildman–Crippen MR) is 47.1 cm³/mol. The Labute approximate surface area is 64.6 Å². The van der Waals surface area contributed by atoms with E-state index in [2.05, 4.69) is 18.0 Å². The van der Waals surface area contributed by atoms with E-state index >= 15 is 0 Å². The maximum Gasteiger partial charge on any atom is 0.0299 e. The summed E-state index contributed by atoms with van der Waals surface area (Å²) in [4.78, 5) is 3.96. The second-order valence-corrected chi connectivity index (χ2v) is 1.71. The highest BCUT2D eigenvalue weighted by Gasteiger charge is 1.81. The molecule has 0 aliphatic rings. The molecular formula is C9H17N. The number of rotatable bonds is 1. The van der Waals surface area contributed by atoms with Crippen LogP contribution in [0.25, 0.3) is 0 Å². The molecule has 58 valence electrons. The Morgan fingerprint density at radius 2 is 2.20 bits per heavy atom. The first-order valence-corrected chi connectivity index (χ1v) is 3.82. The Morgan fingerprint density at radius 3 is 2.50 bits per heavy atom. The molecule has 1 aromatic heterocycles. The molecule has 0 saturated heterocycles. The van der Waals surface area contributed by atoms with E-state index in [1.807, 2.05) is 26.1 Å². The molecule has 10 heavy (non-hydrogen) atoms. The average molecular weight is 139 g/mol. The van der Waals surface area contributed by atoms with Crippen molar-refractivity contribution in [3.63, 3.8) is 0 Å². The first kappa shape index (κ1) is 9.15. The summed E-state index contributed by atoms with van der Waals surface area (Å²) in [5, 5.41) is 0. The predicted octanol–water partition coefficient (Wildman–Crippen LogP) is 2.92. The summed E-state index contributed by atoms with van der Waals surface area (Å²) in [6, 6.07) is 4.03. The fourth-order valence-electron chi connectivity index (χ4n) is 0.607. The molecule has 1 heterocycles. The van der Waals surface area contributed by atoms with E-state index in [0.717, 1.165) is 6.42 Å². The molecular weight excluding hydrogens is 122 g/mol. The smallest absolute Gasteiger partial charge is 0.0299 e. The molecule has 0 aliphatic heterocycles. The summed E-state index contributed by atoms with van der Waals surface area (Å²) < 4.78 is 0. The van der Waals surface area contributed by atoms with Crippen molar-refractivity contribution in [2.24, 2.45) is 0 Å². The van der Waals surface area contributed by atoms with Crippen LogP contribution in [0.1, 0.15) is 27.8 Å². The average Bonchev–Trinajstić information content (AvgIpc) is 2.10. The van der Waals surface area contributed by atoms with Crippen LogP contribution in [0, 0.1) is 0 Å². The molecule has 0 aromatic carbocycles. The Morgan fingerprint density at radius 1 is 1.50 bits per heavy atom. The molecule has 1 nitrogen and oxygen atoms in total. The van der Waals surface area contributed by atoms with Crippen molar-refractivity contribution in [3.05, 3.63) is 30.1 Å². The van der Waals surface area contributed by atoms with Crippen LogP contribution in [-0.2, 0) is 6.42 Å². The minimum Gasteiger partial charge on any atom is -0.264 e. The van der Waals surface area contributed by atoms with E-state index in [1.54, 1.807) is 6.20 Å². The van der Waals surface area contributed by atoms with Gasteiger partial charge in [-0.3, -0.25) is 4.98 Å². The summed E-state index contributed by atoms with van der Waals surface area (Å²) in [6.45, 7) is 6.12. The van der Waals surface area contributed by atoms with E-state index in [0.29, 0.717) is 0 Å². The molecule has 0 spiro atoms. The minimum absolute atomic E-state index is 0. The number of pyridine rings is 1. The molecule has 0 bridgehead atoms. The molecule has 0 unspecified atom stereocenters. The molecule has 1 rings (SSSR count). The first-order valence-electron chi connectivity index (χ1n) is 3.82. The maximum atomic E-state index is 3.96. The summed E-state index contributed by atoms with van der Waals surface area (Å²) in [5.41, 5.74) is 1.30. The van der Waals surface area contributed by atoms with Crippen LogP contribution >= 0.6 is 0 Å². The lowest BCUT2D eigenvalue weighted by atomic mass is 10.2. The van der Waals surface area contributed by atoms with Crippen molar-refractivity contribution in [2.45, 2.75) is 27.2 Å². The van der Waals surface area contributed by atoms with Gasteiger partial charge >= 0.3 is 0 Å². The van der Waals surface area contributed by atoms with E-state index in [9.17, 15) is 0 Å². The van der Waals surface area contributed by atoms with Gasteiger partial charge in [-0.15, -0.1) is 0 Å². The van der Waals surface area contributed by atoms with Crippen LogP contribution in [0.3, 0.4) is 0 Å². The summed E-state index contributed by atoms with van der Waals surface area (Å²) in [7, 11) is 0. The number of aromatic nitrogens is 1.